The number of hydrogen-bond donors (Lipinski definition) is 1. The third kappa shape index (κ3) is 1.46. The lowest BCUT2D eigenvalue weighted by atomic mass is 9.85. The second kappa shape index (κ2) is 3.87. The number of aryl methyl sites for hydroxylation is 1. The maximum absolute atomic E-state index is 4.81. The Morgan fingerprint density at radius 1 is 1.28 bits per heavy atom. The van der Waals surface area contributed by atoms with Gasteiger partial charge >= 0.3 is 0 Å². The second-order valence-corrected chi connectivity index (χ2v) is 6.11. The predicted octanol–water partition coefficient (Wildman–Crippen LogP) is 2.95. The highest BCUT2D eigenvalue weighted by Crippen LogP contribution is 2.45. The van der Waals surface area contributed by atoms with E-state index in [1.165, 1.54) is 43.6 Å². The van der Waals surface area contributed by atoms with Crippen LogP contribution in [-0.4, -0.2) is 23.6 Å². The van der Waals surface area contributed by atoms with Gasteiger partial charge in [-0.25, -0.2) is 4.98 Å². The van der Waals surface area contributed by atoms with Crippen molar-refractivity contribution in [3.05, 3.63) is 17.8 Å². The van der Waals surface area contributed by atoms with E-state index in [4.69, 9.17) is 4.98 Å². The third-order valence-electron chi connectivity index (χ3n) is 4.98. The van der Waals surface area contributed by atoms with Crippen molar-refractivity contribution in [3.63, 3.8) is 0 Å². The summed E-state index contributed by atoms with van der Waals surface area (Å²) in [5.41, 5.74) is 2.37. The molecule has 4 rings (SSSR count). The Balaban J connectivity index is 1.76. The van der Waals surface area contributed by atoms with Crippen LogP contribution >= 0.6 is 0 Å². The van der Waals surface area contributed by atoms with Gasteiger partial charge in [0.2, 0.25) is 0 Å². The molecule has 3 heteroatoms. The lowest BCUT2D eigenvalue weighted by Gasteiger charge is -2.39. The van der Waals surface area contributed by atoms with Crippen molar-refractivity contribution < 1.29 is 0 Å². The number of nitrogens with one attached hydrogen (secondary N) is 1. The van der Waals surface area contributed by atoms with Crippen molar-refractivity contribution in [2.45, 2.75) is 51.1 Å². The number of aromatic nitrogens is 1. The number of nitrogens with zero attached hydrogens (tertiary/aromatic N) is 2. The van der Waals surface area contributed by atoms with Gasteiger partial charge in [-0.05, 0) is 44.2 Å². The van der Waals surface area contributed by atoms with E-state index in [1.807, 2.05) is 0 Å². The molecular weight excluding hydrogens is 222 g/mol. The normalized spacial score (nSPS) is 33.4. The SMILES string of the molecule is Cc1ccc2c(n1)N1C(CN2)CC2CCCCC21. The van der Waals surface area contributed by atoms with Gasteiger partial charge in [0, 0.05) is 24.3 Å². The van der Waals surface area contributed by atoms with Gasteiger partial charge in [0.15, 0.2) is 5.82 Å². The van der Waals surface area contributed by atoms with E-state index in [1.54, 1.807) is 0 Å². The Hall–Kier alpha value is -1.25. The average molecular weight is 243 g/mol. The molecule has 0 bridgehead atoms. The van der Waals surface area contributed by atoms with Crippen molar-refractivity contribution in [1.82, 2.24) is 4.98 Å². The van der Waals surface area contributed by atoms with E-state index < -0.39 is 0 Å². The molecule has 0 spiro atoms. The minimum Gasteiger partial charge on any atom is -0.380 e. The van der Waals surface area contributed by atoms with Crippen molar-refractivity contribution in [1.29, 1.82) is 0 Å². The second-order valence-electron chi connectivity index (χ2n) is 6.11. The summed E-state index contributed by atoms with van der Waals surface area (Å²) in [7, 11) is 0. The fraction of sp³-hybridized carbons (Fsp3) is 0.667. The van der Waals surface area contributed by atoms with Crippen molar-refractivity contribution in [3.8, 4) is 0 Å². The van der Waals surface area contributed by atoms with Crippen molar-refractivity contribution in [2.75, 3.05) is 16.8 Å². The Kier molecular flexibility index (Phi) is 2.29. The Bertz CT molecular complexity index is 471. The molecule has 3 heterocycles. The zero-order valence-electron chi connectivity index (χ0n) is 11.0. The molecule has 3 aliphatic rings. The van der Waals surface area contributed by atoms with Gasteiger partial charge in [-0.15, -0.1) is 0 Å². The van der Waals surface area contributed by atoms with Gasteiger partial charge in [0.05, 0.1) is 5.69 Å². The highest BCUT2D eigenvalue weighted by Gasteiger charge is 2.44. The van der Waals surface area contributed by atoms with Crippen LogP contribution in [0.25, 0.3) is 0 Å². The maximum Gasteiger partial charge on any atom is 0.152 e. The van der Waals surface area contributed by atoms with E-state index in [2.05, 4.69) is 29.3 Å². The van der Waals surface area contributed by atoms with E-state index in [9.17, 15) is 0 Å². The number of rotatable bonds is 0. The summed E-state index contributed by atoms with van der Waals surface area (Å²) in [6.45, 7) is 3.20. The number of hydrogen-bond acceptors (Lipinski definition) is 3. The van der Waals surface area contributed by atoms with Gasteiger partial charge in [0.25, 0.3) is 0 Å². The van der Waals surface area contributed by atoms with Crippen LogP contribution in [0.4, 0.5) is 11.5 Å². The molecule has 0 aromatic carbocycles. The van der Waals surface area contributed by atoms with Crippen LogP contribution in [0.5, 0.6) is 0 Å². The molecule has 3 unspecified atom stereocenters. The molecule has 18 heavy (non-hydrogen) atoms. The highest BCUT2D eigenvalue weighted by molar-refractivity contribution is 5.70. The van der Waals surface area contributed by atoms with Crippen molar-refractivity contribution in [2.24, 2.45) is 5.92 Å². The molecule has 1 aromatic rings. The maximum atomic E-state index is 4.81. The first-order valence-electron chi connectivity index (χ1n) is 7.33. The molecule has 1 N–H and O–H groups in total. The summed E-state index contributed by atoms with van der Waals surface area (Å²) in [6, 6.07) is 5.75. The van der Waals surface area contributed by atoms with Crippen LogP contribution in [-0.2, 0) is 0 Å². The lowest BCUT2D eigenvalue weighted by molar-refractivity contribution is 0.341. The van der Waals surface area contributed by atoms with E-state index in [0.29, 0.717) is 6.04 Å². The van der Waals surface area contributed by atoms with Crippen LogP contribution in [0.1, 0.15) is 37.8 Å². The largest absolute Gasteiger partial charge is 0.380 e. The molecule has 1 saturated carbocycles. The molecule has 3 atom stereocenters. The minimum atomic E-state index is 0.680. The van der Waals surface area contributed by atoms with Crippen LogP contribution in [0.2, 0.25) is 0 Å². The summed E-state index contributed by atoms with van der Waals surface area (Å²) in [6.07, 6.45) is 7.00. The van der Waals surface area contributed by atoms with Gasteiger partial charge in [-0.1, -0.05) is 12.8 Å². The van der Waals surface area contributed by atoms with E-state index in [0.717, 1.165) is 24.2 Å². The van der Waals surface area contributed by atoms with Gasteiger partial charge in [-0.2, -0.15) is 0 Å². The van der Waals surface area contributed by atoms with Gasteiger partial charge < -0.3 is 10.2 Å². The summed E-state index contributed by atoms with van der Waals surface area (Å²) >= 11 is 0. The first-order valence-corrected chi connectivity index (χ1v) is 7.33. The van der Waals surface area contributed by atoms with Crippen molar-refractivity contribution >= 4 is 11.5 Å². The summed E-state index contributed by atoms with van der Waals surface area (Å²) < 4.78 is 0. The lowest BCUT2D eigenvalue weighted by Crippen LogP contribution is -2.45. The zero-order valence-corrected chi connectivity index (χ0v) is 11.0. The monoisotopic (exact) mass is 243 g/mol. The number of pyridine rings is 1. The fourth-order valence-corrected chi connectivity index (χ4v) is 4.18. The zero-order chi connectivity index (χ0) is 12.1. The first kappa shape index (κ1) is 10.7. The average Bonchev–Trinajstić information content (AvgIpc) is 2.77. The molecular formula is C15H21N3. The molecule has 2 aliphatic heterocycles. The Labute approximate surface area is 109 Å². The summed E-state index contributed by atoms with van der Waals surface area (Å²) in [5, 5.41) is 3.57. The fourth-order valence-electron chi connectivity index (χ4n) is 4.18. The molecule has 1 aliphatic carbocycles. The van der Waals surface area contributed by atoms with Crippen LogP contribution in [0, 0.1) is 12.8 Å². The smallest absolute Gasteiger partial charge is 0.152 e. The van der Waals surface area contributed by atoms with Gasteiger partial charge in [-0.3, -0.25) is 0 Å². The third-order valence-corrected chi connectivity index (χ3v) is 4.98. The minimum absolute atomic E-state index is 0.680. The predicted molar refractivity (Wildman–Crippen MR) is 74.1 cm³/mol. The Morgan fingerprint density at radius 3 is 3.11 bits per heavy atom. The molecule has 0 radical (unpaired) electrons. The number of anilines is 2. The molecule has 1 saturated heterocycles. The molecule has 1 aromatic heterocycles. The molecule has 0 amide bonds. The van der Waals surface area contributed by atoms with Crippen LogP contribution < -0.4 is 10.2 Å². The molecule has 96 valence electrons. The Morgan fingerprint density at radius 2 is 2.17 bits per heavy atom. The summed E-state index contributed by atoms with van der Waals surface area (Å²) in [5.74, 6) is 2.14. The van der Waals surface area contributed by atoms with E-state index >= 15 is 0 Å². The van der Waals surface area contributed by atoms with E-state index in [-0.39, 0.29) is 0 Å². The molecule has 3 nitrogen and oxygen atoms in total. The molecule has 2 fully saturated rings. The quantitative estimate of drug-likeness (QED) is 0.759. The van der Waals surface area contributed by atoms with Crippen LogP contribution in [0.15, 0.2) is 12.1 Å². The highest BCUT2D eigenvalue weighted by atomic mass is 15.3. The van der Waals surface area contributed by atoms with Gasteiger partial charge in [0.1, 0.15) is 0 Å². The topological polar surface area (TPSA) is 28.2 Å². The number of fused-ring (bicyclic) bond motifs is 5. The van der Waals surface area contributed by atoms with Crippen LogP contribution in [0.3, 0.4) is 0 Å². The summed E-state index contributed by atoms with van der Waals surface area (Å²) in [4.78, 5) is 7.47. The first-order chi connectivity index (χ1) is 8.83. The standard InChI is InChI=1S/C15H21N3/c1-10-6-7-13-15(17-10)18-12(9-16-13)8-11-4-2-3-5-14(11)18/h6-7,11-12,14,16H,2-5,8-9H2,1H3.